The van der Waals surface area contributed by atoms with Crippen LogP contribution in [0.15, 0.2) is 53.8 Å². The second-order valence-corrected chi connectivity index (χ2v) is 6.63. The highest BCUT2D eigenvalue weighted by Crippen LogP contribution is 2.27. The standard InChI is InChI=1S/C21H22N8O3/c1-12-14(21(31)32-29-13(2)22)7-6-8-15(12)25-16-11-18(26-17-9-4-5-10-24-17)27-28-19(16)20(30)23-3/h4-11H,1-3H3,(H2,22,29)(H,23,30)(H2,24,25,26,27). The van der Waals surface area contributed by atoms with Gasteiger partial charge in [0.2, 0.25) is 0 Å². The molecule has 3 aromatic rings. The van der Waals surface area contributed by atoms with Crippen molar-refractivity contribution < 1.29 is 14.4 Å². The van der Waals surface area contributed by atoms with Gasteiger partial charge >= 0.3 is 5.97 Å². The summed E-state index contributed by atoms with van der Waals surface area (Å²) < 4.78 is 0. The number of anilines is 4. The first kappa shape index (κ1) is 22.2. The summed E-state index contributed by atoms with van der Waals surface area (Å²) in [5.41, 5.74) is 7.31. The molecule has 0 aliphatic rings. The van der Waals surface area contributed by atoms with Gasteiger partial charge in [-0.05, 0) is 43.7 Å². The van der Waals surface area contributed by atoms with Crippen molar-refractivity contribution in [3.05, 3.63) is 65.5 Å². The average Bonchev–Trinajstić information content (AvgIpc) is 2.79. The minimum atomic E-state index is -0.659. The molecule has 0 atom stereocenters. The fraction of sp³-hybridized carbons (Fsp3) is 0.143. The maximum atomic E-state index is 12.3. The molecule has 1 aromatic carbocycles. The number of hydrogen-bond acceptors (Lipinski definition) is 9. The number of rotatable bonds is 7. The SMILES string of the molecule is CNC(=O)c1nnc(Nc2ccccn2)cc1Nc1cccc(C(=O)O/N=C(/C)N)c1C. The molecule has 0 saturated carbocycles. The summed E-state index contributed by atoms with van der Waals surface area (Å²) in [4.78, 5) is 33.7. The van der Waals surface area contributed by atoms with Gasteiger partial charge in [0.1, 0.15) is 11.7 Å². The van der Waals surface area contributed by atoms with Crippen LogP contribution in [0.25, 0.3) is 0 Å². The Hall–Kier alpha value is -4.54. The first-order valence-corrected chi connectivity index (χ1v) is 9.55. The third-order valence-corrected chi connectivity index (χ3v) is 4.25. The Morgan fingerprint density at radius 3 is 2.53 bits per heavy atom. The van der Waals surface area contributed by atoms with E-state index >= 15 is 0 Å². The number of hydrogen-bond donors (Lipinski definition) is 4. The average molecular weight is 434 g/mol. The van der Waals surface area contributed by atoms with E-state index in [2.05, 4.69) is 36.3 Å². The quantitative estimate of drug-likeness (QED) is 0.190. The second-order valence-electron chi connectivity index (χ2n) is 6.63. The molecule has 1 amide bonds. The minimum Gasteiger partial charge on any atom is -0.385 e. The highest BCUT2D eigenvalue weighted by atomic mass is 16.7. The molecule has 0 bridgehead atoms. The zero-order chi connectivity index (χ0) is 23.1. The van der Waals surface area contributed by atoms with Crippen molar-refractivity contribution in [2.24, 2.45) is 10.9 Å². The largest absolute Gasteiger partial charge is 0.385 e. The summed E-state index contributed by atoms with van der Waals surface area (Å²) in [6, 6.07) is 12.0. The number of aromatic nitrogens is 3. The summed E-state index contributed by atoms with van der Waals surface area (Å²) >= 11 is 0. The summed E-state index contributed by atoms with van der Waals surface area (Å²) in [5, 5.41) is 20.3. The van der Waals surface area contributed by atoms with Gasteiger partial charge in [0, 0.05) is 25.0 Å². The normalized spacial score (nSPS) is 10.9. The Balaban J connectivity index is 1.95. The summed E-state index contributed by atoms with van der Waals surface area (Å²) in [5.74, 6) is -0.0218. The fourth-order valence-electron chi connectivity index (χ4n) is 2.70. The van der Waals surface area contributed by atoms with Gasteiger partial charge in [-0.15, -0.1) is 10.2 Å². The van der Waals surface area contributed by atoms with E-state index in [1.807, 2.05) is 6.07 Å². The molecular formula is C21H22N8O3. The van der Waals surface area contributed by atoms with Crippen molar-refractivity contribution in [3.63, 3.8) is 0 Å². The number of pyridine rings is 1. The molecule has 2 heterocycles. The molecule has 32 heavy (non-hydrogen) atoms. The highest BCUT2D eigenvalue weighted by molar-refractivity contribution is 5.99. The number of nitrogens with one attached hydrogen (secondary N) is 3. The van der Waals surface area contributed by atoms with Gasteiger partial charge in [-0.25, -0.2) is 9.78 Å². The Morgan fingerprint density at radius 2 is 1.84 bits per heavy atom. The third-order valence-electron chi connectivity index (χ3n) is 4.25. The highest BCUT2D eigenvalue weighted by Gasteiger charge is 2.18. The topological polar surface area (TPSA) is 157 Å². The molecule has 5 N–H and O–H groups in total. The van der Waals surface area contributed by atoms with Crippen LogP contribution in [-0.2, 0) is 4.84 Å². The first-order valence-electron chi connectivity index (χ1n) is 9.55. The monoisotopic (exact) mass is 434 g/mol. The first-order chi connectivity index (χ1) is 15.4. The van der Waals surface area contributed by atoms with Crippen molar-refractivity contribution in [3.8, 4) is 0 Å². The van der Waals surface area contributed by atoms with Gasteiger partial charge in [-0.3, -0.25) is 4.79 Å². The number of oxime groups is 1. The summed E-state index contributed by atoms with van der Waals surface area (Å²) in [6.45, 7) is 3.24. The molecule has 0 fully saturated rings. The van der Waals surface area contributed by atoms with E-state index < -0.39 is 11.9 Å². The molecular weight excluding hydrogens is 412 g/mol. The van der Waals surface area contributed by atoms with Gasteiger partial charge in [0.05, 0.1) is 11.3 Å². The molecule has 0 radical (unpaired) electrons. The summed E-state index contributed by atoms with van der Waals surface area (Å²) in [7, 11) is 1.50. The zero-order valence-electron chi connectivity index (χ0n) is 17.7. The van der Waals surface area contributed by atoms with Crippen molar-refractivity contribution in [2.45, 2.75) is 13.8 Å². The molecule has 3 rings (SSSR count). The van der Waals surface area contributed by atoms with E-state index in [9.17, 15) is 9.59 Å². The second kappa shape index (κ2) is 9.98. The maximum absolute atomic E-state index is 12.3. The van der Waals surface area contributed by atoms with E-state index in [4.69, 9.17) is 10.6 Å². The number of amidine groups is 1. The van der Waals surface area contributed by atoms with E-state index in [1.165, 1.54) is 14.0 Å². The molecule has 2 aromatic heterocycles. The van der Waals surface area contributed by atoms with E-state index in [0.717, 1.165) is 0 Å². The predicted octanol–water partition coefficient (Wildman–Crippen LogP) is 2.48. The Morgan fingerprint density at radius 1 is 1.03 bits per heavy atom. The van der Waals surface area contributed by atoms with Crippen LogP contribution in [0.1, 0.15) is 33.3 Å². The van der Waals surface area contributed by atoms with Gasteiger partial charge in [-0.1, -0.05) is 17.3 Å². The molecule has 0 aliphatic carbocycles. The van der Waals surface area contributed by atoms with E-state index in [1.54, 1.807) is 49.5 Å². The zero-order valence-corrected chi connectivity index (χ0v) is 17.7. The summed E-state index contributed by atoms with van der Waals surface area (Å²) in [6.07, 6.45) is 1.64. The van der Waals surface area contributed by atoms with Crippen LogP contribution in [0.3, 0.4) is 0 Å². The van der Waals surface area contributed by atoms with Crippen LogP contribution in [0.2, 0.25) is 0 Å². The van der Waals surface area contributed by atoms with Gasteiger partial charge in [-0.2, -0.15) is 0 Å². The fourth-order valence-corrected chi connectivity index (χ4v) is 2.70. The van der Waals surface area contributed by atoms with Crippen LogP contribution in [-0.4, -0.2) is 39.9 Å². The number of carbonyl (C=O) groups is 2. The lowest BCUT2D eigenvalue weighted by Crippen LogP contribution is -2.21. The molecule has 0 aliphatic heterocycles. The number of nitrogens with zero attached hydrogens (tertiary/aromatic N) is 4. The lowest BCUT2D eigenvalue weighted by molar-refractivity contribution is 0.0514. The Kier molecular flexibility index (Phi) is 6.91. The Bertz CT molecular complexity index is 1160. The minimum absolute atomic E-state index is 0.0785. The molecule has 164 valence electrons. The number of benzene rings is 1. The van der Waals surface area contributed by atoms with Gasteiger partial charge in [0.25, 0.3) is 5.91 Å². The molecule has 0 saturated heterocycles. The van der Waals surface area contributed by atoms with E-state index in [0.29, 0.717) is 28.6 Å². The maximum Gasteiger partial charge on any atom is 0.366 e. The van der Waals surface area contributed by atoms with Crippen molar-refractivity contribution >= 4 is 40.7 Å². The Labute approximate surface area is 184 Å². The van der Waals surface area contributed by atoms with Gasteiger partial charge in [0.15, 0.2) is 11.5 Å². The van der Waals surface area contributed by atoms with Crippen molar-refractivity contribution in [2.75, 3.05) is 17.7 Å². The van der Waals surface area contributed by atoms with E-state index in [-0.39, 0.29) is 17.1 Å². The number of amides is 1. The predicted molar refractivity (Wildman–Crippen MR) is 120 cm³/mol. The molecule has 0 spiro atoms. The van der Waals surface area contributed by atoms with Crippen LogP contribution in [0.4, 0.5) is 23.0 Å². The lowest BCUT2D eigenvalue weighted by atomic mass is 10.1. The number of carbonyl (C=O) groups excluding carboxylic acids is 2. The molecule has 0 unspecified atom stereocenters. The van der Waals surface area contributed by atoms with Crippen LogP contribution in [0.5, 0.6) is 0 Å². The van der Waals surface area contributed by atoms with Gasteiger partial charge < -0.3 is 26.5 Å². The van der Waals surface area contributed by atoms with Crippen molar-refractivity contribution in [1.82, 2.24) is 20.5 Å². The van der Waals surface area contributed by atoms with Crippen LogP contribution in [0, 0.1) is 6.92 Å². The van der Waals surface area contributed by atoms with Crippen LogP contribution >= 0.6 is 0 Å². The molecule has 11 heteroatoms. The number of nitrogens with two attached hydrogens (primary N) is 1. The third kappa shape index (κ3) is 5.33. The van der Waals surface area contributed by atoms with Crippen LogP contribution < -0.4 is 21.7 Å². The van der Waals surface area contributed by atoms with Crippen molar-refractivity contribution in [1.29, 1.82) is 0 Å². The molecule has 11 nitrogen and oxygen atoms in total. The smallest absolute Gasteiger partial charge is 0.366 e. The lowest BCUT2D eigenvalue weighted by Gasteiger charge is -2.15.